The van der Waals surface area contributed by atoms with Crippen LogP contribution in [0.3, 0.4) is 0 Å². The number of carbonyl (C=O) groups excluding carboxylic acids is 1. The molecule has 2 N–H and O–H groups in total. The molecule has 3 aromatic carbocycles. The van der Waals surface area contributed by atoms with Gasteiger partial charge in [0.2, 0.25) is 10.0 Å². The molecule has 5 rings (SSSR count). The number of carbonyl (C=O) groups is 1. The van der Waals surface area contributed by atoms with Crippen LogP contribution in [0.1, 0.15) is 16.7 Å². The molecule has 2 heterocycles. The fourth-order valence-electron chi connectivity index (χ4n) is 4.35. The quantitative estimate of drug-likeness (QED) is 0.345. The van der Waals surface area contributed by atoms with E-state index < -0.39 is 10.0 Å². The summed E-state index contributed by atoms with van der Waals surface area (Å²) in [6.07, 6.45) is 1.20. The lowest BCUT2D eigenvalue weighted by molar-refractivity contribution is -0.194. The van der Waals surface area contributed by atoms with E-state index in [1.807, 2.05) is 61.5 Å². The third-order valence-corrected chi connectivity index (χ3v) is 7.39. The van der Waals surface area contributed by atoms with Crippen molar-refractivity contribution in [2.75, 3.05) is 48.4 Å². The van der Waals surface area contributed by atoms with Crippen LogP contribution in [0.15, 0.2) is 66.7 Å². The van der Waals surface area contributed by atoms with E-state index in [2.05, 4.69) is 10.6 Å². The monoisotopic (exact) mass is 520 g/mol. The molecule has 2 aliphatic rings. The molecule has 2 aliphatic heterocycles. The molecule has 37 heavy (non-hydrogen) atoms. The number of hydrogen-bond acceptors (Lipinski definition) is 7. The Morgan fingerprint density at radius 3 is 2.43 bits per heavy atom. The maximum Gasteiger partial charge on any atom is 0.258 e. The van der Waals surface area contributed by atoms with Crippen LogP contribution in [0, 0.1) is 0 Å². The highest BCUT2D eigenvalue weighted by atomic mass is 32.2. The molecule has 0 spiro atoms. The molecule has 9 nitrogen and oxygen atoms in total. The van der Waals surface area contributed by atoms with E-state index in [-0.39, 0.29) is 5.91 Å². The summed E-state index contributed by atoms with van der Waals surface area (Å²) < 4.78 is 26.2. The molecule has 0 atom stereocenters. The molecule has 0 saturated carbocycles. The Bertz CT molecular complexity index is 1470. The summed E-state index contributed by atoms with van der Waals surface area (Å²) in [4.78, 5) is 25.5. The van der Waals surface area contributed by atoms with Gasteiger partial charge < -0.3 is 20.4 Å². The van der Waals surface area contributed by atoms with Gasteiger partial charge in [0.15, 0.2) is 5.75 Å². The molecule has 0 radical (unpaired) electrons. The van der Waals surface area contributed by atoms with Gasteiger partial charge in [-0.3, -0.25) is 9.10 Å². The number of rotatable bonds is 8. The normalized spacial score (nSPS) is 15.6. The number of amides is 1. The summed E-state index contributed by atoms with van der Waals surface area (Å²) in [5.41, 5.74) is 5.48. The number of fused-ring (bicyclic) bond motifs is 2. The highest BCUT2D eigenvalue weighted by molar-refractivity contribution is 7.92. The molecule has 0 saturated heterocycles. The maximum absolute atomic E-state index is 13.2. The van der Waals surface area contributed by atoms with Crippen LogP contribution in [0.2, 0.25) is 0 Å². The molecule has 3 aromatic rings. The smallest absolute Gasteiger partial charge is 0.258 e. The van der Waals surface area contributed by atoms with E-state index in [9.17, 15) is 13.2 Å². The van der Waals surface area contributed by atoms with Gasteiger partial charge in [0.1, 0.15) is 6.61 Å². The predicted molar refractivity (Wildman–Crippen MR) is 145 cm³/mol. The van der Waals surface area contributed by atoms with Gasteiger partial charge in [-0.05, 0) is 56.1 Å². The minimum atomic E-state index is -3.45. The van der Waals surface area contributed by atoms with Gasteiger partial charge in [0.05, 0.1) is 23.2 Å². The molecule has 0 fully saturated rings. The van der Waals surface area contributed by atoms with Crippen molar-refractivity contribution in [3.05, 3.63) is 83.4 Å². The Labute approximate surface area is 216 Å². The SMILES string of the molecule is CN(C)CCN(c1ccc(N/C(=C2\C(=O)Nc3cc4c(cc32)OOC4)c2ccccc2)cc1)S(C)(=O)=O. The average Bonchev–Trinajstić information content (AvgIpc) is 3.44. The van der Waals surface area contributed by atoms with E-state index in [1.54, 1.807) is 24.3 Å². The van der Waals surface area contributed by atoms with Crippen molar-refractivity contribution in [3.8, 4) is 5.75 Å². The van der Waals surface area contributed by atoms with Crippen LogP contribution in [-0.4, -0.2) is 52.7 Å². The van der Waals surface area contributed by atoms with Crippen LogP contribution in [0.4, 0.5) is 17.1 Å². The van der Waals surface area contributed by atoms with E-state index in [1.165, 1.54) is 10.6 Å². The second-order valence-electron chi connectivity index (χ2n) is 9.23. The van der Waals surface area contributed by atoms with E-state index >= 15 is 0 Å². The summed E-state index contributed by atoms with van der Waals surface area (Å²) in [6.45, 7) is 1.25. The van der Waals surface area contributed by atoms with E-state index in [0.29, 0.717) is 59.3 Å². The highest BCUT2D eigenvalue weighted by Crippen LogP contribution is 2.42. The van der Waals surface area contributed by atoms with Crippen molar-refractivity contribution < 1.29 is 23.0 Å². The zero-order valence-electron chi connectivity index (χ0n) is 20.8. The lowest BCUT2D eigenvalue weighted by Gasteiger charge is -2.24. The third-order valence-electron chi connectivity index (χ3n) is 6.20. The largest absolute Gasteiger partial charge is 0.354 e. The van der Waals surface area contributed by atoms with Crippen LogP contribution >= 0.6 is 0 Å². The second kappa shape index (κ2) is 9.89. The Morgan fingerprint density at radius 1 is 1.03 bits per heavy atom. The molecular weight excluding hydrogens is 492 g/mol. The van der Waals surface area contributed by atoms with Gasteiger partial charge in [-0.15, -0.1) is 0 Å². The number of sulfonamides is 1. The van der Waals surface area contributed by atoms with E-state index in [0.717, 1.165) is 11.1 Å². The molecule has 0 unspecified atom stereocenters. The van der Waals surface area contributed by atoms with Crippen molar-refractivity contribution >= 4 is 44.3 Å². The van der Waals surface area contributed by atoms with Crippen molar-refractivity contribution in [3.63, 3.8) is 0 Å². The molecule has 10 heteroatoms. The Morgan fingerprint density at radius 2 is 1.76 bits per heavy atom. The first-order valence-electron chi connectivity index (χ1n) is 11.8. The number of benzene rings is 3. The second-order valence-corrected chi connectivity index (χ2v) is 11.1. The Hall–Kier alpha value is -3.86. The van der Waals surface area contributed by atoms with Crippen LogP contribution in [0.5, 0.6) is 5.75 Å². The van der Waals surface area contributed by atoms with Crippen molar-refractivity contribution in [2.45, 2.75) is 6.61 Å². The summed E-state index contributed by atoms with van der Waals surface area (Å²) >= 11 is 0. The number of anilines is 3. The first-order valence-corrected chi connectivity index (χ1v) is 13.6. The third kappa shape index (κ3) is 5.17. The summed E-state index contributed by atoms with van der Waals surface area (Å²) in [5.74, 6) is 0.359. The zero-order chi connectivity index (χ0) is 26.2. The minimum Gasteiger partial charge on any atom is -0.354 e. The van der Waals surface area contributed by atoms with Gasteiger partial charge in [-0.25, -0.2) is 8.42 Å². The molecular formula is C27H28N4O5S. The highest BCUT2D eigenvalue weighted by Gasteiger charge is 2.31. The van der Waals surface area contributed by atoms with Gasteiger partial charge in [0, 0.05) is 35.6 Å². The number of likely N-dealkylation sites (N-methyl/N-ethyl adjacent to an activating group) is 1. The first kappa shape index (κ1) is 24.8. The van der Waals surface area contributed by atoms with Gasteiger partial charge in [-0.1, -0.05) is 30.3 Å². The van der Waals surface area contributed by atoms with Gasteiger partial charge in [-0.2, -0.15) is 4.89 Å². The molecule has 0 aliphatic carbocycles. The summed E-state index contributed by atoms with van der Waals surface area (Å²) in [6, 6.07) is 20.4. The van der Waals surface area contributed by atoms with Crippen LogP contribution < -0.4 is 19.8 Å². The van der Waals surface area contributed by atoms with Gasteiger partial charge in [0.25, 0.3) is 5.91 Å². The molecule has 0 bridgehead atoms. The predicted octanol–water partition coefficient (Wildman–Crippen LogP) is 3.77. The maximum atomic E-state index is 13.2. The molecule has 1 amide bonds. The van der Waals surface area contributed by atoms with Crippen LogP contribution in [-0.2, 0) is 26.3 Å². The minimum absolute atomic E-state index is 0.227. The van der Waals surface area contributed by atoms with Crippen LogP contribution in [0.25, 0.3) is 11.3 Å². The lowest BCUT2D eigenvalue weighted by atomic mass is 9.98. The summed E-state index contributed by atoms with van der Waals surface area (Å²) in [5, 5.41) is 6.35. The van der Waals surface area contributed by atoms with Gasteiger partial charge >= 0.3 is 0 Å². The average molecular weight is 521 g/mol. The number of nitrogens with one attached hydrogen (secondary N) is 2. The zero-order valence-corrected chi connectivity index (χ0v) is 21.6. The Balaban J connectivity index is 1.53. The standard InChI is InChI=1S/C27H28N4O5S/c1-30(2)13-14-31(37(3,33)34)21-11-9-20(10-12-21)28-26(18-7-5-4-6-8-18)25-22-16-24-19(17-35-36-24)15-23(22)29-27(25)32/h4-12,15-16,28H,13-14,17H2,1-3H3,(H,29,32)/b26-25-. The number of nitrogens with zero attached hydrogens (tertiary/aromatic N) is 2. The van der Waals surface area contributed by atoms with Crippen molar-refractivity contribution in [2.24, 2.45) is 0 Å². The number of hydrogen-bond donors (Lipinski definition) is 2. The fraction of sp³-hybridized carbons (Fsp3) is 0.222. The van der Waals surface area contributed by atoms with Crippen molar-refractivity contribution in [1.29, 1.82) is 0 Å². The Kier molecular flexibility index (Phi) is 6.63. The molecule has 192 valence electrons. The fourth-order valence-corrected chi connectivity index (χ4v) is 5.27. The van der Waals surface area contributed by atoms with E-state index in [4.69, 9.17) is 9.78 Å². The summed E-state index contributed by atoms with van der Waals surface area (Å²) in [7, 11) is 0.350. The first-order chi connectivity index (χ1) is 17.7. The topological polar surface area (TPSA) is 100 Å². The van der Waals surface area contributed by atoms with Crippen molar-refractivity contribution in [1.82, 2.24) is 4.90 Å². The molecule has 0 aromatic heterocycles. The lowest BCUT2D eigenvalue weighted by Crippen LogP contribution is -2.35.